The molecule has 0 amide bonds. The van der Waals surface area contributed by atoms with Crippen molar-refractivity contribution in [1.82, 2.24) is 5.32 Å². The number of aryl methyl sites for hydroxylation is 3. The van der Waals surface area contributed by atoms with Crippen LogP contribution in [0.15, 0.2) is 24.3 Å². The largest absolute Gasteiger partial charge is 0.309 e. The van der Waals surface area contributed by atoms with Crippen molar-refractivity contribution in [2.45, 2.75) is 46.6 Å². The zero-order chi connectivity index (χ0) is 15.4. The van der Waals surface area contributed by atoms with Gasteiger partial charge in [-0.15, -0.1) is 11.3 Å². The number of hydrogen-bond acceptors (Lipinski definition) is 2. The van der Waals surface area contributed by atoms with E-state index in [1.54, 1.807) is 0 Å². The average Bonchev–Trinajstić information content (AvgIpc) is 2.77. The van der Waals surface area contributed by atoms with Crippen molar-refractivity contribution in [3.8, 4) is 0 Å². The third kappa shape index (κ3) is 4.32. The summed E-state index contributed by atoms with van der Waals surface area (Å²) >= 11 is 8.30. The van der Waals surface area contributed by atoms with Gasteiger partial charge >= 0.3 is 0 Å². The third-order valence-corrected chi connectivity index (χ3v) is 5.42. The van der Waals surface area contributed by atoms with E-state index in [4.69, 9.17) is 11.6 Å². The van der Waals surface area contributed by atoms with Crippen molar-refractivity contribution < 1.29 is 0 Å². The highest BCUT2D eigenvalue weighted by molar-refractivity contribution is 7.12. The number of hydrogen-bond donors (Lipinski definition) is 1. The minimum absolute atomic E-state index is 0.350. The molecule has 0 aliphatic rings. The number of thiophene rings is 1. The summed E-state index contributed by atoms with van der Waals surface area (Å²) in [5.41, 5.74) is 3.82. The Labute approximate surface area is 137 Å². The molecular formula is C18H24ClNS. The van der Waals surface area contributed by atoms with Gasteiger partial charge in [-0.3, -0.25) is 0 Å². The van der Waals surface area contributed by atoms with E-state index in [1.165, 1.54) is 26.4 Å². The number of rotatable bonds is 6. The first-order valence-corrected chi connectivity index (χ1v) is 8.76. The fourth-order valence-electron chi connectivity index (χ4n) is 2.40. The summed E-state index contributed by atoms with van der Waals surface area (Å²) < 4.78 is 0. The lowest BCUT2D eigenvalue weighted by Gasteiger charge is -2.18. The van der Waals surface area contributed by atoms with Gasteiger partial charge in [-0.2, -0.15) is 0 Å². The molecule has 1 aromatic carbocycles. The van der Waals surface area contributed by atoms with Crippen LogP contribution in [0.5, 0.6) is 0 Å². The van der Waals surface area contributed by atoms with Crippen molar-refractivity contribution >= 4 is 22.9 Å². The minimum atomic E-state index is 0.350. The topological polar surface area (TPSA) is 12.0 Å². The standard InChI is InChI=1S/C18H24ClNS/c1-5-8-20-17(18-10-13(3)14(4)21-18)11-15-7-6-12(2)9-16(15)19/h6-7,9-10,17,20H,5,8,11H2,1-4H3. The quantitative estimate of drug-likeness (QED) is 0.729. The summed E-state index contributed by atoms with van der Waals surface area (Å²) in [6.45, 7) is 9.69. The Morgan fingerprint density at radius 2 is 1.95 bits per heavy atom. The molecule has 1 N–H and O–H groups in total. The first-order valence-electron chi connectivity index (χ1n) is 7.56. The van der Waals surface area contributed by atoms with Crippen LogP contribution in [0.1, 0.15) is 45.8 Å². The van der Waals surface area contributed by atoms with Gasteiger partial charge < -0.3 is 5.32 Å². The van der Waals surface area contributed by atoms with Gasteiger partial charge in [-0.05, 0) is 69.0 Å². The van der Waals surface area contributed by atoms with E-state index in [1.807, 2.05) is 11.3 Å². The fourth-order valence-corrected chi connectivity index (χ4v) is 3.83. The van der Waals surface area contributed by atoms with Gasteiger partial charge in [0.1, 0.15) is 0 Å². The molecule has 0 radical (unpaired) electrons. The Morgan fingerprint density at radius 3 is 2.52 bits per heavy atom. The molecule has 114 valence electrons. The van der Waals surface area contributed by atoms with Crippen molar-refractivity contribution in [3.63, 3.8) is 0 Å². The van der Waals surface area contributed by atoms with Crippen LogP contribution in [0.25, 0.3) is 0 Å². The van der Waals surface area contributed by atoms with Crippen LogP contribution in [-0.2, 0) is 6.42 Å². The molecule has 0 aliphatic carbocycles. The monoisotopic (exact) mass is 321 g/mol. The Bertz CT molecular complexity index is 584. The van der Waals surface area contributed by atoms with Crippen molar-refractivity contribution in [2.75, 3.05) is 6.54 Å². The maximum atomic E-state index is 6.41. The van der Waals surface area contributed by atoms with Crippen LogP contribution in [-0.4, -0.2) is 6.54 Å². The molecule has 0 aliphatic heterocycles. The highest BCUT2D eigenvalue weighted by Gasteiger charge is 2.16. The predicted octanol–water partition coefficient (Wildman–Crippen LogP) is 5.61. The second-order valence-electron chi connectivity index (χ2n) is 5.69. The van der Waals surface area contributed by atoms with E-state index in [9.17, 15) is 0 Å². The Hall–Kier alpha value is -0.830. The molecule has 1 unspecified atom stereocenters. The maximum absolute atomic E-state index is 6.41. The fraction of sp³-hybridized carbons (Fsp3) is 0.444. The van der Waals surface area contributed by atoms with Gasteiger partial charge in [-0.1, -0.05) is 30.7 Å². The molecule has 0 fully saturated rings. The number of benzene rings is 1. The molecule has 0 spiro atoms. The highest BCUT2D eigenvalue weighted by Crippen LogP contribution is 2.30. The summed E-state index contributed by atoms with van der Waals surface area (Å²) in [5.74, 6) is 0. The second-order valence-corrected chi connectivity index (χ2v) is 7.39. The van der Waals surface area contributed by atoms with E-state index in [0.717, 1.165) is 24.4 Å². The van der Waals surface area contributed by atoms with Crippen LogP contribution in [0.3, 0.4) is 0 Å². The molecule has 21 heavy (non-hydrogen) atoms. The lowest BCUT2D eigenvalue weighted by atomic mass is 10.0. The van der Waals surface area contributed by atoms with Crippen LogP contribution < -0.4 is 5.32 Å². The van der Waals surface area contributed by atoms with Gasteiger partial charge in [0.15, 0.2) is 0 Å². The molecule has 0 saturated carbocycles. The molecule has 1 atom stereocenters. The van der Waals surface area contributed by atoms with Crippen LogP contribution in [0.4, 0.5) is 0 Å². The zero-order valence-electron chi connectivity index (χ0n) is 13.3. The lowest BCUT2D eigenvalue weighted by molar-refractivity contribution is 0.536. The van der Waals surface area contributed by atoms with Crippen molar-refractivity contribution in [3.05, 3.63) is 55.7 Å². The molecule has 1 heterocycles. The van der Waals surface area contributed by atoms with Crippen LogP contribution in [0, 0.1) is 20.8 Å². The van der Waals surface area contributed by atoms with Crippen molar-refractivity contribution in [2.24, 2.45) is 0 Å². The van der Waals surface area contributed by atoms with Crippen LogP contribution in [0.2, 0.25) is 5.02 Å². The third-order valence-electron chi connectivity index (χ3n) is 3.80. The SMILES string of the molecule is CCCNC(Cc1ccc(C)cc1Cl)c1cc(C)c(C)s1. The lowest BCUT2D eigenvalue weighted by Crippen LogP contribution is -2.23. The average molecular weight is 322 g/mol. The Kier molecular flexibility index (Phi) is 5.86. The number of halogens is 1. The molecule has 0 saturated heterocycles. The minimum Gasteiger partial charge on any atom is -0.309 e. The molecule has 1 nitrogen and oxygen atoms in total. The number of nitrogens with one attached hydrogen (secondary N) is 1. The Balaban J connectivity index is 2.23. The zero-order valence-corrected chi connectivity index (χ0v) is 14.9. The summed E-state index contributed by atoms with van der Waals surface area (Å²) in [7, 11) is 0. The van der Waals surface area contributed by atoms with Gasteiger partial charge in [-0.25, -0.2) is 0 Å². The molecule has 1 aromatic heterocycles. The van der Waals surface area contributed by atoms with Gasteiger partial charge in [0.05, 0.1) is 0 Å². The summed E-state index contributed by atoms with van der Waals surface area (Å²) in [4.78, 5) is 2.82. The summed E-state index contributed by atoms with van der Waals surface area (Å²) in [5, 5.41) is 4.55. The normalized spacial score (nSPS) is 12.6. The Morgan fingerprint density at radius 1 is 1.19 bits per heavy atom. The molecule has 2 rings (SSSR count). The van der Waals surface area contributed by atoms with Crippen molar-refractivity contribution in [1.29, 1.82) is 0 Å². The molecule has 3 heteroatoms. The maximum Gasteiger partial charge on any atom is 0.0456 e. The smallest absolute Gasteiger partial charge is 0.0456 e. The van der Waals surface area contributed by atoms with Gasteiger partial charge in [0, 0.05) is 20.8 Å². The van der Waals surface area contributed by atoms with E-state index < -0.39 is 0 Å². The van der Waals surface area contributed by atoms with Gasteiger partial charge in [0.25, 0.3) is 0 Å². The predicted molar refractivity (Wildman–Crippen MR) is 94.7 cm³/mol. The first kappa shape index (κ1) is 16.5. The van der Waals surface area contributed by atoms with E-state index in [0.29, 0.717) is 6.04 Å². The van der Waals surface area contributed by atoms with E-state index in [2.05, 4.69) is 57.3 Å². The highest BCUT2D eigenvalue weighted by atomic mass is 35.5. The molecule has 0 bridgehead atoms. The van der Waals surface area contributed by atoms with Crippen LogP contribution >= 0.6 is 22.9 Å². The van der Waals surface area contributed by atoms with E-state index in [-0.39, 0.29) is 0 Å². The second kappa shape index (κ2) is 7.44. The van der Waals surface area contributed by atoms with E-state index >= 15 is 0 Å². The summed E-state index contributed by atoms with van der Waals surface area (Å²) in [6.07, 6.45) is 2.08. The van der Waals surface area contributed by atoms with Gasteiger partial charge in [0.2, 0.25) is 0 Å². The summed E-state index contributed by atoms with van der Waals surface area (Å²) in [6, 6.07) is 9.02. The molecular weight excluding hydrogens is 298 g/mol. The first-order chi connectivity index (χ1) is 10.0. The molecule has 2 aromatic rings.